The number of carbonyl (C=O) groups is 1. The second-order valence-corrected chi connectivity index (χ2v) is 12.0. The first-order chi connectivity index (χ1) is 20.6. The van der Waals surface area contributed by atoms with Crippen LogP contribution in [-0.4, -0.2) is 69.5 Å². The van der Waals surface area contributed by atoms with Crippen LogP contribution in [0.1, 0.15) is 95.1 Å². The lowest BCUT2D eigenvalue weighted by Gasteiger charge is -2.37. The molecule has 3 heterocycles. The Labute approximate surface area is 252 Å². The molecule has 0 saturated carbocycles. The van der Waals surface area contributed by atoms with Gasteiger partial charge in [-0.1, -0.05) is 89.4 Å². The quantitative estimate of drug-likeness (QED) is 0.120. The van der Waals surface area contributed by atoms with E-state index in [1.807, 2.05) is 36.5 Å². The van der Waals surface area contributed by atoms with E-state index < -0.39 is 6.10 Å². The maximum absolute atomic E-state index is 12.9. The van der Waals surface area contributed by atoms with Crippen molar-refractivity contribution in [2.75, 3.05) is 37.6 Å². The number of piperazine rings is 1. The van der Waals surface area contributed by atoms with Gasteiger partial charge in [0.05, 0.1) is 6.54 Å². The summed E-state index contributed by atoms with van der Waals surface area (Å²) in [7, 11) is 0. The molecular weight excluding hydrogens is 528 g/mol. The third-order valence-corrected chi connectivity index (χ3v) is 8.70. The Morgan fingerprint density at radius 3 is 2.00 bits per heavy atom. The normalized spacial score (nSPS) is 16.0. The molecule has 232 valence electrons. The van der Waals surface area contributed by atoms with Gasteiger partial charge in [-0.3, -0.25) is 14.3 Å². The maximum Gasteiger partial charge on any atom is 0.306 e. The van der Waals surface area contributed by atoms with Gasteiger partial charge >= 0.3 is 5.97 Å². The van der Waals surface area contributed by atoms with Crippen molar-refractivity contribution in [3.63, 3.8) is 0 Å². The molecule has 1 unspecified atom stereocenters. The van der Waals surface area contributed by atoms with E-state index >= 15 is 0 Å². The SMILES string of the molecule is CCCCCCCCCCCCCC(=O)OC(CN1CCN(c2ccccn2)CC1)Cn1c(O)c2c(c1O)CC=CC2. The average molecular weight is 581 g/mol. The lowest BCUT2D eigenvalue weighted by molar-refractivity contribution is -0.151. The van der Waals surface area contributed by atoms with E-state index in [0.29, 0.717) is 25.8 Å². The Kier molecular flexibility index (Phi) is 13.1. The van der Waals surface area contributed by atoms with E-state index in [9.17, 15) is 15.0 Å². The van der Waals surface area contributed by atoms with Crippen molar-refractivity contribution >= 4 is 11.8 Å². The fraction of sp³-hybridized carbons (Fsp3) is 0.647. The summed E-state index contributed by atoms with van der Waals surface area (Å²) in [6, 6.07) is 5.96. The van der Waals surface area contributed by atoms with E-state index in [2.05, 4.69) is 21.7 Å². The first-order valence-electron chi connectivity index (χ1n) is 16.4. The van der Waals surface area contributed by atoms with Crippen LogP contribution in [0.4, 0.5) is 5.82 Å². The number of carbonyl (C=O) groups excluding carboxylic acids is 1. The van der Waals surface area contributed by atoms with Crippen molar-refractivity contribution in [1.29, 1.82) is 0 Å². The highest BCUT2D eigenvalue weighted by Crippen LogP contribution is 2.37. The van der Waals surface area contributed by atoms with E-state index in [1.54, 1.807) is 0 Å². The predicted molar refractivity (Wildman–Crippen MR) is 168 cm³/mol. The smallest absolute Gasteiger partial charge is 0.306 e. The van der Waals surface area contributed by atoms with Crippen molar-refractivity contribution in [3.8, 4) is 11.8 Å². The zero-order valence-corrected chi connectivity index (χ0v) is 25.7. The Hall–Kier alpha value is -3.00. The van der Waals surface area contributed by atoms with Crippen molar-refractivity contribution in [3.05, 3.63) is 47.7 Å². The summed E-state index contributed by atoms with van der Waals surface area (Å²) < 4.78 is 7.57. The number of anilines is 1. The number of unbranched alkanes of at least 4 members (excludes halogenated alkanes) is 10. The molecule has 4 rings (SSSR count). The molecule has 0 bridgehead atoms. The van der Waals surface area contributed by atoms with Gasteiger partial charge in [0.1, 0.15) is 11.9 Å². The number of aromatic hydroxyl groups is 2. The second kappa shape index (κ2) is 17.2. The minimum atomic E-state index is -0.467. The largest absolute Gasteiger partial charge is 0.494 e. The lowest BCUT2D eigenvalue weighted by Crippen LogP contribution is -2.49. The number of pyridine rings is 1. The van der Waals surface area contributed by atoms with Crippen LogP contribution in [0, 0.1) is 0 Å². The summed E-state index contributed by atoms with van der Waals surface area (Å²) >= 11 is 0. The number of allylic oxidation sites excluding steroid dienone is 2. The highest BCUT2D eigenvalue weighted by molar-refractivity contribution is 5.69. The Morgan fingerprint density at radius 1 is 0.833 bits per heavy atom. The van der Waals surface area contributed by atoms with Crippen LogP contribution in [0.5, 0.6) is 11.8 Å². The summed E-state index contributed by atoms with van der Waals surface area (Å²) in [5.74, 6) is 0.950. The summed E-state index contributed by atoms with van der Waals surface area (Å²) in [5, 5.41) is 21.8. The molecule has 42 heavy (non-hydrogen) atoms. The molecule has 8 heteroatoms. The number of rotatable bonds is 18. The topological polar surface area (TPSA) is 91.1 Å². The van der Waals surface area contributed by atoms with Gasteiger partial charge in [0.2, 0.25) is 0 Å². The number of esters is 1. The molecule has 0 aromatic carbocycles. The zero-order valence-electron chi connectivity index (χ0n) is 25.7. The molecule has 1 fully saturated rings. The van der Waals surface area contributed by atoms with E-state index in [1.165, 1.54) is 55.9 Å². The summed E-state index contributed by atoms with van der Waals surface area (Å²) in [5.41, 5.74) is 1.54. The van der Waals surface area contributed by atoms with Crippen LogP contribution in [-0.2, 0) is 28.9 Å². The van der Waals surface area contributed by atoms with Gasteiger partial charge in [-0.25, -0.2) is 4.98 Å². The summed E-state index contributed by atoms with van der Waals surface area (Å²) in [6.07, 6.45) is 20.6. The Morgan fingerprint density at radius 2 is 1.43 bits per heavy atom. The standard InChI is InChI=1S/C34H52N4O4/c1-2-3-4-5-6-7-8-9-10-11-12-20-32(39)42-28(27-38-33(40)29-17-13-14-18-30(29)34(38)41)26-36-22-24-37(25-23-36)31-19-15-16-21-35-31/h13-16,19,21,28,40-41H,2-12,17-18,20,22-27H2,1H3. The first kappa shape index (κ1) is 31.9. The highest BCUT2D eigenvalue weighted by atomic mass is 16.5. The number of ether oxygens (including phenoxy) is 1. The molecule has 1 saturated heterocycles. The summed E-state index contributed by atoms with van der Waals surface area (Å²) in [6.45, 7) is 6.38. The fourth-order valence-electron chi connectivity index (χ4n) is 6.20. The minimum Gasteiger partial charge on any atom is -0.494 e. The molecule has 1 aliphatic heterocycles. The first-order valence-corrected chi connectivity index (χ1v) is 16.4. The molecule has 2 aromatic rings. The lowest BCUT2D eigenvalue weighted by atomic mass is 10.0. The molecule has 2 aromatic heterocycles. The van der Waals surface area contributed by atoms with Gasteiger partial charge in [-0.05, 0) is 31.4 Å². The maximum atomic E-state index is 12.9. The van der Waals surface area contributed by atoms with Crippen LogP contribution in [0.3, 0.4) is 0 Å². The van der Waals surface area contributed by atoms with Crippen molar-refractivity contribution < 1.29 is 19.7 Å². The second-order valence-electron chi connectivity index (χ2n) is 12.0. The fourth-order valence-corrected chi connectivity index (χ4v) is 6.20. The van der Waals surface area contributed by atoms with E-state index in [0.717, 1.165) is 62.4 Å². The van der Waals surface area contributed by atoms with Crippen LogP contribution in [0.25, 0.3) is 0 Å². The van der Waals surface area contributed by atoms with Crippen LogP contribution in [0.15, 0.2) is 36.5 Å². The van der Waals surface area contributed by atoms with E-state index in [4.69, 9.17) is 4.74 Å². The number of hydrogen-bond acceptors (Lipinski definition) is 7. The van der Waals surface area contributed by atoms with Gasteiger partial charge in [-0.2, -0.15) is 0 Å². The molecular formula is C34H52N4O4. The molecule has 2 aliphatic rings. The van der Waals surface area contributed by atoms with Gasteiger partial charge in [-0.15, -0.1) is 0 Å². The van der Waals surface area contributed by atoms with Crippen LogP contribution in [0.2, 0.25) is 0 Å². The van der Waals surface area contributed by atoms with E-state index in [-0.39, 0.29) is 24.3 Å². The molecule has 1 atom stereocenters. The van der Waals surface area contributed by atoms with Crippen molar-refractivity contribution in [1.82, 2.24) is 14.5 Å². The molecule has 0 radical (unpaired) electrons. The molecule has 0 spiro atoms. The Bertz CT molecular complexity index is 1080. The summed E-state index contributed by atoms with van der Waals surface area (Å²) in [4.78, 5) is 22.0. The average Bonchev–Trinajstić information content (AvgIpc) is 3.25. The predicted octanol–water partition coefficient (Wildman–Crippen LogP) is 6.38. The van der Waals surface area contributed by atoms with Crippen LogP contribution < -0.4 is 4.90 Å². The van der Waals surface area contributed by atoms with Gasteiger partial charge in [0, 0.05) is 56.5 Å². The molecule has 1 aliphatic carbocycles. The molecule has 0 amide bonds. The Balaban J connectivity index is 1.26. The third kappa shape index (κ3) is 9.51. The number of fused-ring (bicyclic) bond motifs is 1. The van der Waals surface area contributed by atoms with Crippen molar-refractivity contribution in [2.24, 2.45) is 0 Å². The van der Waals surface area contributed by atoms with Gasteiger partial charge in [0.25, 0.3) is 0 Å². The third-order valence-electron chi connectivity index (χ3n) is 8.70. The molecule has 8 nitrogen and oxygen atoms in total. The van der Waals surface area contributed by atoms with Gasteiger partial charge < -0.3 is 19.8 Å². The number of nitrogens with zero attached hydrogens (tertiary/aromatic N) is 4. The van der Waals surface area contributed by atoms with Crippen LogP contribution >= 0.6 is 0 Å². The monoisotopic (exact) mass is 580 g/mol. The number of hydrogen-bond donors (Lipinski definition) is 2. The van der Waals surface area contributed by atoms with Crippen molar-refractivity contribution in [2.45, 2.75) is 109 Å². The minimum absolute atomic E-state index is 0.0817. The number of aromatic nitrogens is 2. The molecule has 2 N–H and O–H groups in total. The highest BCUT2D eigenvalue weighted by Gasteiger charge is 2.28. The van der Waals surface area contributed by atoms with Gasteiger partial charge in [0.15, 0.2) is 11.8 Å². The zero-order chi connectivity index (χ0) is 29.6.